The van der Waals surface area contributed by atoms with E-state index in [2.05, 4.69) is 16.0 Å². The molecule has 166 valence electrons. The summed E-state index contributed by atoms with van der Waals surface area (Å²) in [5.74, 6) is -2.37. The van der Waals surface area contributed by atoms with Crippen LogP contribution in [0.1, 0.15) is 44.1 Å². The lowest BCUT2D eigenvalue weighted by Crippen LogP contribution is -2.50. The number of benzene rings is 1. The Morgan fingerprint density at radius 3 is 2.42 bits per heavy atom. The molecule has 3 unspecified atom stereocenters. The van der Waals surface area contributed by atoms with Crippen molar-refractivity contribution >= 4 is 17.7 Å². The number of nitrogens with zero attached hydrogens (tertiary/aromatic N) is 1. The van der Waals surface area contributed by atoms with Gasteiger partial charge in [-0.25, -0.2) is 8.78 Å². The second-order valence-corrected chi connectivity index (χ2v) is 8.28. The summed E-state index contributed by atoms with van der Waals surface area (Å²) < 4.78 is 26.6. The molecule has 31 heavy (non-hydrogen) atoms. The van der Waals surface area contributed by atoms with Crippen LogP contribution in [-0.2, 0) is 20.8 Å². The molecule has 1 saturated carbocycles. The van der Waals surface area contributed by atoms with Crippen LogP contribution in [0.5, 0.6) is 0 Å². The Morgan fingerprint density at radius 1 is 1.13 bits per heavy atom. The number of aryl methyl sites for hydroxylation is 1. The van der Waals surface area contributed by atoms with Gasteiger partial charge in [0.2, 0.25) is 17.7 Å². The standard InChI is InChI=1S/C22H26F2N4O3/c23-16-7-14(8-17(24)11-16)3-4-20(29)28-19(9-13-1-2-13)22(31)27-18(12-25)10-15-5-6-26-21(15)30/h7-8,11,13,15,18-19H,1-6,9-10H2,(H,26,30)(H,27,31)(H,28,29). The van der Waals surface area contributed by atoms with Gasteiger partial charge in [-0.15, -0.1) is 0 Å². The van der Waals surface area contributed by atoms with Crippen LogP contribution in [0.15, 0.2) is 18.2 Å². The Labute approximate surface area is 179 Å². The quantitative estimate of drug-likeness (QED) is 0.523. The molecule has 0 radical (unpaired) electrons. The largest absolute Gasteiger partial charge is 0.356 e. The van der Waals surface area contributed by atoms with Crippen molar-refractivity contribution in [3.05, 3.63) is 35.4 Å². The van der Waals surface area contributed by atoms with Crippen LogP contribution in [0.4, 0.5) is 8.78 Å². The molecule has 2 aliphatic rings. The molecule has 1 aliphatic carbocycles. The van der Waals surface area contributed by atoms with Crippen LogP contribution >= 0.6 is 0 Å². The highest BCUT2D eigenvalue weighted by molar-refractivity contribution is 5.88. The van der Waals surface area contributed by atoms with Crippen molar-refractivity contribution in [2.75, 3.05) is 6.54 Å². The lowest BCUT2D eigenvalue weighted by Gasteiger charge is -2.21. The number of nitriles is 1. The SMILES string of the molecule is N#CC(CC1CCNC1=O)NC(=O)C(CC1CC1)NC(=O)CCc1cc(F)cc(F)c1. The van der Waals surface area contributed by atoms with E-state index in [1.807, 2.05) is 6.07 Å². The number of carbonyl (C=O) groups is 3. The van der Waals surface area contributed by atoms with Crippen molar-refractivity contribution in [3.63, 3.8) is 0 Å². The molecule has 0 aromatic heterocycles. The van der Waals surface area contributed by atoms with Crippen LogP contribution < -0.4 is 16.0 Å². The molecule has 9 heteroatoms. The zero-order valence-electron chi connectivity index (χ0n) is 17.1. The highest BCUT2D eigenvalue weighted by Gasteiger charge is 2.33. The van der Waals surface area contributed by atoms with Crippen molar-refractivity contribution < 1.29 is 23.2 Å². The van der Waals surface area contributed by atoms with Crippen molar-refractivity contribution in [1.29, 1.82) is 5.26 Å². The maximum atomic E-state index is 13.3. The first kappa shape index (κ1) is 22.7. The van der Waals surface area contributed by atoms with E-state index < -0.39 is 35.5 Å². The van der Waals surface area contributed by atoms with E-state index in [4.69, 9.17) is 0 Å². The fourth-order valence-corrected chi connectivity index (χ4v) is 3.77. The Morgan fingerprint density at radius 2 is 1.84 bits per heavy atom. The van der Waals surface area contributed by atoms with Gasteiger partial charge in [0, 0.05) is 24.9 Å². The molecule has 3 N–H and O–H groups in total. The predicted octanol–water partition coefficient (Wildman–Crippen LogP) is 1.72. The highest BCUT2D eigenvalue weighted by Crippen LogP contribution is 2.33. The Bertz CT molecular complexity index is 862. The Hall–Kier alpha value is -3.02. The van der Waals surface area contributed by atoms with Gasteiger partial charge in [-0.05, 0) is 49.3 Å². The number of nitrogens with one attached hydrogen (secondary N) is 3. The molecular formula is C22H26F2N4O3. The average Bonchev–Trinajstić information content (AvgIpc) is 3.45. The van der Waals surface area contributed by atoms with Crippen LogP contribution in [0, 0.1) is 34.8 Å². The van der Waals surface area contributed by atoms with E-state index in [0.717, 1.165) is 18.9 Å². The van der Waals surface area contributed by atoms with Crippen molar-refractivity contribution in [1.82, 2.24) is 16.0 Å². The van der Waals surface area contributed by atoms with Crippen LogP contribution in [0.25, 0.3) is 0 Å². The summed E-state index contributed by atoms with van der Waals surface area (Å²) in [6.07, 6.45) is 3.38. The fourth-order valence-electron chi connectivity index (χ4n) is 3.77. The molecule has 3 rings (SSSR count). The lowest BCUT2D eigenvalue weighted by atomic mass is 9.98. The first-order chi connectivity index (χ1) is 14.8. The third-order valence-corrected chi connectivity index (χ3v) is 5.64. The smallest absolute Gasteiger partial charge is 0.243 e. The predicted molar refractivity (Wildman–Crippen MR) is 107 cm³/mol. The normalized spacial score (nSPS) is 19.8. The van der Waals surface area contributed by atoms with Gasteiger partial charge >= 0.3 is 0 Å². The number of amides is 3. The third kappa shape index (κ3) is 7.02. The molecule has 2 fully saturated rings. The summed E-state index contributed by atoms with van der Waals surface area (Å²) in [4.78, 5) is 36.9. The van der Waals surface area contributed by atoms with Gasteiger partial charge in [-0.2, -0.15) is 5.26 Å². The molecule has 0 spiro atoms. The first-order valence-corrected chi connectivity index (χ1v) is 10.6. The summed E-state index contributed by atoms with van der Waals surface area (Å²) in [6, 6.07) is 3.50. The van der Waals surface area contributed by atoms with Crippen LogP contribution in [-0.4, -0.2) is 36.3 Å². The fraction of sp³-hybridized carbons (Fsp3) is 0.545. The van der Waals surface area contributed by atoms with E-state index in [1.165, 1.54) is 12.1 Å². The maximum absolute atomic E-state index is 13.3. The second-order valence-electron chi connectivity index (χ2n) is 8.28. The molecule has 1 saturated heterocycles. The molecule has 7 nitrogen and oxygen atoms in total. The molecule has 3 atom stereocenters. The van der Waals surface area contributed by atoms with Crippen molar-refractivity contribution in [2.45, 2.75) is 57.0 Å². The van der Waals surface area contributed by atoms with Gasteiger partial charge in [-0.1, -0.05) is 12.8 Å². The zero-order chi connectivity index (χ0) is 22.4. The molecule has 1 heterocycles. The molecule has 1 aromatic rings. The average molecular weight is 432 g/mol. The Kier molecular flexibility index (Phi) is 7.55. The minimum absolute atomic E-state index is 0.0265. The molecule has 0 bridgehead atoms. The highest BCUT2D eigenvalue weighted by atomic mass is 19.1. The minimum Gasteiger partial charge on any atom is -0.356 e. The summed E-state index contributed by atoms with van der Waals surface area (Å²) in [7, 11) is 0. The summed E-state index contributed by atoms with van der Waals surface area (Å²) in [5, 5.41) is 17.4. The van der Waals surface area contributed by atoms with Crippen LogP contribution in [0.3, 0.4) is 0 Å². The number of hydrogen-bond acceptors (Lipinski definition) is 4. The lowest BCUT2D eigenvalue weighted by molar-refractivity contribution is -0.129. The van der Waals surface area contributed by atoms with Gasteiger partial charge in [-0.3, -0.25) is 14.4 Å². The molecular weight excluding hydrogens is 406 g/mol. The van der Waals surface area contributed by atoms with Crippen LogP contribution in [0.2, 0.25) is 0 Å². The number of carbonyl (C=O) groups excluding carboxylic acids is 3. The van der Waals surface area contributed by atoms with Crippen molar-refractivity contribution in [2.24, 2.45) is 11.8 Å². The monoisotopic (exact) mass is 432 g/mol. The zero-order valence-corrected chi connectivity index (χ0v) is 17.1. The molecule has 1 aliphatic heterocycles. The summed E-state index contributed by atoms with van der Waals surface area (Å²) in [6.45, 7) is 0.561. The summed E-state index contributed by atoms with van der Waals surface area (Å²) >= 11 is 0. The van der Waals surface area contributed by atoms with Gasteiger partial charge < -0.3 is 16.0 Å². The van der Waals surface area contributed by atoms with E-state index >= 15 is 0 Å². The first-order valence-electron chi connectivity index (χ1n) is 10.6. The van der Waals surface area contributed by atoms with E-state index in [-0.39, 0.29) is 31.1 Å². The number of hydrogen-bond donors (Lipinski definition) is 3. The molecule has 1 aromatic carbocycles. The third-order valence-electron chi connectivity index (χ3n) is 5.64. The van der Waals surface area contributed by atoms with Gasteiger partial charge in [0.25, 0.3) is 0 Å². The van der Waals surface area contributed by atoms with E-state index in [9.17, 15) is 28.4 Å². The van der Waals surface area contributed by atoms with Gasteiger partial charge in [0.05, 0.1) is 6.07 Å². The topological polar surface area (TPSA) is 111 Å². The maximum Gasteiger partial charge on any atom is 0.243 e. The number of rotatable bonds is 10. The minimum atomic E-state index is -0.824. The van der Waals surface area contributed by atoms with E-state index in [1.54, 1.807) is 0 Å². The molecule has 3 amide bonds. The van der Waals surface area contributed by atoms with Crippen molar-refractivity contribution in [3.8, 4) is 6.07 Å². The Balaban J connectivity index is 1.54. The summed E-state index contributed by atoms with van der Waals surface area (Å²) in [5.41, 5.74) is 0.357. The van der Waals surface area contributed by atoms with Gasteiger partial charge in [0.15, 0.2) is 0 Å². The second kappa shape index (κ2) is 10.3. The van der Waals surface area contributed by atoms with Gasteiger partial charge in [0.1, 0.15) is 23.7 Å². The van der Waals surface area contributed by atoms with E-state index in [0.29, 0.717) is 30.9 Å². The number of halogens is 2.